The van der Waals surface area contributed by atoms with Crippen molar-refractivity contribution in [2.75, 3.05) is 19.7 Å². The van der Waals surface area contributed by atoms with Gasteiger partial charge in [-0.05, 0) is 37.5 Å². The molecule has 1 aliphatic heterocycles. The van der Waals surface area contributed by atoms with Gasteiger partial charge in [-0.2, -0.15) is 0 Å². The molecule has 1 fully saturated rings. The number of rotatable bonds is 4. The van der Waals surface area contributed by atoms with Crippen LogP contribution in [0.4, 0.5) is 4.39 Å². The average Bonchev–Trinajstić information content (AvgIpc) is 2.47. The van der Waals surface area contributed by atoms with E-state index in [1.54, 1.807) is 4.90 Å². The highest BCUT2D eigenvalue weighted by Gasteiger charge is 2.26. The van der Waals surface area contributed by atoms with Crippen LogP contribution in [0.15, 0.2) is 18.2 Å². The summed E-state index contributed by atoms with van der Waals surface area (Å²) in [5.74, 6) is -0.842. The van der Waals surface area contributed by atoms with Gasteiger partial charge in [-0.15, -0.1) is 0 Å². The number of benzene rings is 1. The van der Waals surface area contributed by atoms with Crippen LogP contribution in [0.1, 0.15) is 36.5 Å². The molecule has 20 heavy (non-hydrogen) atoms. The zero-order valence-electron chi connectivity index (χ0n) is 11.6. The molecule has 1 amide bonds. The van der Waals surface area contributed by atoms with E-state index < -0.39 is 5.82 Å². The van der Waals surface area contributed by atoms with Gasteiger partial charge in [-0.3, -0.25) is 4.79 Å². The van der Waals surface area contributed by atoms with E-state index in [4.69, 9.17) is 16.3 Å². The van der Waals surface area contributed by atoms with Gasteiger partial charge in [0.1, 0.15) is 5.82 Å². The smallest absolute Gasteiger partial charge is 0.256 e. The van der Waals surface area contributed by atoms with Gasteiger partial charge in [0.25, 0.3) is 5.91 Å². The molecule has 3 nitrogen and oxygen atoms in total. The van der Waals surface area contributed by atoms with Crippen molar-refractivity contribution >= 4 is 17.5 Å². The lowest BCUT2D eigenvalue weighted by molar-refractivity contribution is 0.00196. The molecule has 1 aromatic rings. The van der Waals surface area contributed by atoms with Crippen molar-refractivity contribution in [3.8, 4) is 0 Å². The summed E-state index contributed by atoms with van der Waals surface area (Å²) < 4.78 is 19.4. The lowest BCUT2D eigenvalue weighted by Gasteiger charge is -2.32. The number of likely N-dealkylation sites (tertiary alicyclic amines) is 1. The van der Waals surface area contributed by atoms with Crippen molar-refractivity contribution in [2.45, 2.75) is 32.3 Å². The van der Waals surface area contributed by atoms with Gasteiger partial charge in [0.15, 0.2) is 0 Å². The molecule has 0 saturated carbocycles. The van der Waals surface area contributed by atoms with E-state index in [-0.39, 0.29) is 17.6 Å². The molecule has 0 radical (unpaired) electrons. The van der Waals surface area contributed by atoms with E-state index in [9.17, 15) is 9.18 Å². The SMILES string of the molecule is CCCOC1CCCN(C(=O)c2cc(Cl)ccc2F)C1. The second-order valence-corrected chi connectivity index (χ2v) is 5.45. The molecule has 0 spiro atoms. The highest BCUT2D eigenvalue weighted by atomic mass is 35.5. The van der Waals surface area contributed by atoms with Crippen LogP contribution in [0.25, 0.3) is 0 Å². The van der Waals surface area contributed by atoms with Crippen molar-refractivity contribution in [3.05, 3.63) is 34.6 Å². The van der Waals surface area contributed by atoms with Gasteiger partial charge in [-0.1, -0.05) is 18.5 Å². The number of hydrogen-bond acceptors (Lipinski definition) is 2. The van der Waals surface area contributed by atoms with Gasteiger partial charge in [0.05, 0.1) is 11.7 Å². The molecule has 1 heterocycles. The average molecular weight is 300 g/mol. The summed E-state index contributed by atoms with van der Waals surface area (Å²) in [5.41, 5.74) is 0.0358. The van der Waals surface area contributed by atoms with Crippen LogP contribution in [0.3, 0.4) is 0 Å². The van der Waals surface area contributed by atoms with E-state index in [0.717, 1.165) is 19.3 Å². The standard InChI is InChI=1S/C15H19ClFNO2/c1-2-8-20-12-4-3-7-18(10-12)15(19)13-9-11(16)5-6-14(13)17/h5-6,9,12H,2-4,7-8,10H2,1H3. The van der Waals surface area contributed by atoms with Crippen LogP contribution in [0.5, 0.6) is 0 Å². The van der Waals surface area contributed by atoms with Crippen molar-refractivity contribution in [1.82, 2.24) is 4.90 Å². The van der Waals surface area contributed by atoms with Crippen LogP contribution < -0.4 is 0 Å². The van der Waals surface area contributed by atoms with E-state index >= 15 is 0 Å². The summed E-state index contributed by atoms with van der Waals surface area (Å²) in [6.07, 6.45) is 2.83. The number of carbonyl (C=O) groups excluding carboxylic acids is 1. The van der Waals surface area contributed by atoms with Crippen molar-refractivity contribution < 1.29 is 13.9 Å². The third kappa shape index (κ3) is 3.70. The molecule has 110 valence electrons. The molecule has 1 saturated heterocycles. The van der Waals surface area contributed by atoms with Crippen LogP contribution in [-0.2, 0) is 4.74 Å². The van der Waals surface area contributed by atoms with Crippen LogP contribution in [0.2, 0.25) is 5.02 Å². The Morgan fingerprint density at radius 3 is 3.10 bits per heavy atom. The number of ether oxygens (including phenoxy) is 1. The number of carbonyl (C=O) groups is 1. The zero-order valence-corrected chi connectivity index (χ0v) is 12.3. The fraction of sp³-hybridized carbons (Fsp3) is 0.533. The second-order valence-electron chi connectivity index (χ2n) is 5.01. The Morgan fingerprint density at radius 1 is 1.55 bits per heavy atom. The van der Waals surface area contributed by atoms with Crippen molar-refractivity contribution in [1.29, 1.82) is 0 Å². The molecule has 0 aromatic heterocycles. The monoisotopic (exact) mass is 299 g/mol. The molecular formula is C15H19ClFNO2. The predicted molar refractivity (Wildman–Crippen MR) is 76.6 cm³/mol. The van der Waals surface area contributed by atoms with Gasteiger partial charge in [0.2, 0.25) is 0 Å². The molecule has 1 unspecified atom stereocenters. The Hall–Kier alpha value is -1.13. The Bertz CT molecular complexity index is 481. The molecule has 2 rings (SSSR count). The van der Waals surface area contributed by atoms with Gasteiger partial charge < -0.3 is 9.64 Å². The maximum atomic E-state index is 13.7. The first-order valence-corrected chi connectivity index (χ1v) is 7.35. The zero-order chi connectivity index (χ0) is 14.5. The maximum Gasteiger partial charge on any atom is 0.256 e. The highest BCUT2D eigenvalue weighted by molar-refractivity contribution is 6.31. The van der Waals surface area contributed by atoms with E-state index in [0.29, 0.717) is 24.7 Å². The van der Waals surface area contributed by atoms with E-state index in [2.05, 4.69) is 0 Å². The lowest BCUT2D eigenvalue weighted by atomic mass is 10.1. The van der Waals surface area contributed by atoms with Crippen LogP contribution >= 0.6 is 11.6 Å². The molecule has 1 atom stereocenters. The fourth-order valence-corrected chi connectivity index (χ4v) is 2.55. The first-order valence-electron chi connectivity index (χ1n) is 6.97. The predicted octanol–water partition coefficient (Wildman–Crippen LogP) is 3.51. The first-order chi connectivity index (χ1) is 9.61. The van der Waals surface area contributed by atoms with Gasteiger partial charge in [0, 0.05) is 24.7 Å². The quantitative estimate of drug-likeness (QED) is 0.851. The molecule has 1 aromatic carbocycles. The number of nitrogens with zero attached hydrogens (tertiary/aromatic N) is 1. The molecule has 0 bridgehead atoms. The highest BCUT2D eigenvalue weighted by Crippen LogP contribution is 2.20. The third-order valence-corrected chi connectivity index (χ3v) is 3.62. The summed E-state index contributed by atoms with van der Waals surface area (Å²) in [6.45, 7) is 3.90. The number of hydrogen-bond donors (Lipinski definition) is 0. The van der Waals surface area contributed by atoms with Gasteiger partial charge in [-0.25, -0.2) is 4.39 Å². The number of halogens is 2. The Kier molecular flexibility index (Phi) is 5.38. The first kappa shape index (κ1) is 15.3. The summed E-state index contributed by atoms with van der Waals surface area (Å²) in [4.78, 5) is 14.0. The Morgan fingerprint density at radius 2 is 2.35 bits per heavy atom. The normalized spacial score (nSPS) is 19.1. The van der Waals surface area contributed by atoms with Crippen LogP contribution in [-0.4, -0.2) is 36.6 Å². The summed E-state index contributed by atoms with van der Waals surface area (Å²) >= 11 is 5.83. The molecule has 0 N–H and O–H groups in total. The summed E-state index contributed by atoms with van der Waals surface area (Å²) in [7, 11) is 0. The van der Waals surface area contributed by atoms with Crippen molar-refractivity contribution in [2.24, 2.45) is 0 Å². The molecule has 0 aliphatic carbocycles. The molecular weight excluding hydrogens is 281 g/mol. The number of piperidine rings is 1. The van der Waals surface area contributed by atoms with Gasteiger partial charge >= 0.3 is 0 Å². The topological polar surface area (TPSA) is 29.5 Å². The minimum absolute atomic E-state index is 0.0358. The van der Waals surface area contributed by atoms with E-state index in [1.807, 2.05) is 6.92 Å². The van der Waals surface area contributed by atoms with E-state index in [1.165, 1.54) is 18.2 Å². The summed E-state index contributed by atoms with van der Waals surface area (Å²) in [5, 5.41) is 0.366. The minimum Gasteiger partial charge on any atom is -0.376 e. The largest absolute Gasteiger partial charge is 0.376 e. The molecule has 5 heteroatoms. The summed E-state index contributed by atoms with van der Waals surface area (Å²) in [6, 6.07) is 4.05. The fourth-order valence-electron chi connectivity index (χ4n) is 2.37. The number of amides is 1. The minimum atomic E-state index is -0.531. The molecule has 1 aliphatic rings. The maximum absolute atomic E-state index is 13.7. The second kappa shape index (κ2) is 7.04. The van der Waals surface area contributed by atoms with Crippen LogP contribution in [0, 0.1) is 5.82 Å². The third-order valence-electron chi connectivity index (χ3n) is 3.38. The van der Waals surface area contributed by atoms with Crippen molar-refractivity contribution in [3.63, 3.8) is 0 Å². The lowest BCUT2D eigenvalue weighted by Crippen LogP contribution is -2.43. The Labute approximate surface area is 123 Å². The Balaban J connectivity index is 2.06.